The Hall–Kier alpha value is -8.40. The zero-order valence-electron chi connectivity index (χ0n) is 38.0. The van der Waals surface area contributed by atoms with Crippen molar-refractivity contribution in [3.8, 4) is 69.0 Å². The van der Waals surface area contributed by atoms with Crippen molar-refractivity contribution >= 4 is 0 Å². The Morgan fingerprint density at radius 1 is 0.384 bits per heavy atom. The van der Waals surface area contributed by atoms with Crippen molar-refractivity contribution in [3.05, 3.63) is 141 Å². The van der Waals surface area contributed by atoms with E-state index in [-0.39, 0.29) is 58.6 Å². The van der Waals surface area contributed by atoms with Crippen molar-refractivity contribution in [3.63, 3.8) is 0 Å². The van der Waals surface area contributed by atoms with Gasteiger partial charge in [-0.05, 0) is 24.6 Å². The minimum absolute atomic E-state index is 0.195. The molecule has 0 saturated heterocycles. The molecule has 0 radical (unpaired) electrons. The molecule has 0 aromatic heterocycles. The lowest BCUT2D eigenvalue weighted by Crippen LogP contribution is -2.48. The van der Waals surface area contributed by atoms with Gasteiger partial charge in [0.05, 0.1) is 17.9 Å². The van der Waals surface area contributed by atoms with Gasteiger partial charge in [0.25, 0.3) is 0 Å². The summed E-state index contributed by atoms with van der Waals surface area (Å²) in [6.07, 6.45) is -3.55. The standard InChI is InChI=1S/C52H50O21/c53-20-10-31(62)39(32(63)11-20)43-41-35(66)15-27(58)22(51(41)72-50(46(43)69)19-3-6-26(57)30(61)9-19)14-23-38-34(65)16-36(67)42(52(38)73-48(45(23)68)17-1-4-24(55)28(59)7-17)44-40-33(64)12-21(54)13-37(40)71-49(47(44)70)18-2-5-25(56)29(60)8-18/h1-6,10-13,15-19,23,43-50,53-70H,7-9,14H2/t17?,18?,19?,23?,43-,44+,45+,46+,47+,48+,49+,50+/m0/s1. The molecule has 18 N–H and O–H groups in total. The molecule has 0 fully saturated rings. The maximum absolute atomic E-state index is 12.7. The van der Waals surface area contributed by atoms with Gasteiger partial charge in [-0.2, -0.15) is 0 Å². The van der Waals surface area contributed by atoms with E-state index in [0.717, 1.165) is 48.6 Å². The Morgan fingerprint density at radius 2 is 0.767 bits per heavy atom. The first-order valence-electron chi connectivity index (χ1n) is 23.0. The van der Waals surface area contributed by atoms with Crippen LogP contribution in [0.25, 0.3) is 0 Å². The molecule has 73 heavy (non-hydrogen) atoms. The molecule has 0 amide bonds. The first-order chi connectivity index (χ1) is 34.6. The molecular weight excluding hydrogens is 961 g/mol. The van der Waals surface area contributed by atoms with Gasteiger partial charge in [0.1, 0.15) is 117 Å². The molecule has 4 aromatic rings. The third-order valence-corrected chi connectivity index (χ3v) is 14.8. The summed E-state index contributed by atoms with van der Waals surface area (Å²) in [6, 6.07) is 5.54. The first-order valence-corrected chi connectivity index (χ1v) is 23.0. The lowest BCUT2D eigenvalue weighted by Gasteiger charge is -2.45. The average molecular weight is 1010 g/mol. The van der Waals surface area contributed by atoms with Crippen LogP contribution in [0.2, 0.25) is 0 Å². The fourth-order valence-corrected chi connectivity index (χ4v) is 11.3. The van der Waals surface area contributed by atoms with Crippen molar-refractivity contribution in [2.75, 3.05) is 0 Å². The number of phenols is 9. The summed E-state index contributed by atoms with van der Waals surface area (Å²) >= 11 is 0. The highest BCUT2D eigenvalue weighted by atomic mass is 16.5. The molecule has 3 aliphatic carbocycles. The van der Waals surface area contributed by atoms with E-state index in [2.05, 4.69) is 0 Å². The molecule has 4 aromatic carbocycles. The van der Waals surface area contributed by atoms with Crippen LogP contribution in [0.5, 0.6) is 69.0 Å². The molecule has 0 bridgehead atoms. The molecule has 12 atom stereocenters. The Morgan fingerprint density at radius 3 is 1.27 bits per heavy atom. The van der Waals surface area contributed by atoms with Crippen LogP contribution in [-0.2, 0) is 6.42 Å². The van der Waals surface area contributed by atoms with Crippen LogP contribution >= 0.6 is 0 Å². The number of aliphatic hydroxyl groups excluding tert-OH is 9. The second kappa shape index (κ2) is 17.7. The summed E-state index contributed by atoms with van der Waals surface area (Å²) < 4.78 is 19.3. The Balaban J connectivity index is 1.18. The number of rotatable bonds is 7. The minimum atomic E-state index is -1.81. The smallest absolute Gasteiger partial charge is 0.152 e. The number of allylic oxidation sites excluding steroid dienone is 6. The topological polar surface area (TPSA) is 392 Å². The highest BCUT2D eigenvalue weighted by molar-refractivity contribution is 5.69. The SMILES string of the molecule is OC1=C(O)CC([C@H]2Oc3cc(O)cc(O)c3[C@H](c3c(O)cc(O)c4c3O[C@H](C3C=CC(O)=C(O)C3)[C@H](O)C4Cc3c(O)cc(O)c4c3O[C@H](C3C=CC(O)=C(O)C3)[C@H](O)[C@H]4c3c(O)cc(O)cc3O)[C@H]2O)C=C1. The van der Waals surface area contributed by atoms with Gasteiger partial charge < -0.3 is 106 Å². The third-order valence-electron chi connectivity index (χ3n) is 14.8. The van der Waals surface area contributed by atoms with E-state index < -0.39 is 176 Å². The monoisotopic (exact) mass is 1010 g/mol. The van der Waals surface area contributed by atoms with E-state index in [0.29, 0.717) is 0 Å². The van der Waals surface area contributed by atoms with Crippen LogP contribution in [0.4, 0.5) is 0 Å². The number of fused-ring (bicyclic) bond motifs is 3. The molecular formula is C52H50O21. The Kier molecular flexibility index (Phi) is 11.7. The Labute approximate surface area is 412 Å². The van der Waals surface area contributed by atoms with E-state index in [1.54, 1.807) is 0 Å². The third kappa shape index (κ3) is 7.92. The van der Waals surface area contributed by atoms with Crippen LogP contribution in [0, 0.1) is 17.8 Å². The molecule has 3 aliphatic heterocycles. The maximum atomic E-state index is 12.7. The van der Waals surface area contributed by atoms with Gasteiger partial charge >= 0.3 is 0 Å². The lowest BCUT2D eigenvalue weighted by atomic mass is 9.72. The zero-order valence-corrected chi connectivity index (χ0v) is 38.0. The van der Waals surface area contributed by atoms with E-state index in [4.69, 9.17) is 14.2 Å². The predicted octanol–water partition coefficient (Wildman–Crippen LogP) is 5.70. The van der Waals surface area contributed by atoms with E-state index in [9.17, 15) is 91.9 Å². The molecule has 0 saturated carbocycles. The van der Waals surface area contributed by atoms with Gasteiger partial charge in [0, 0.05) is 113 Å². The van der Waals surface area contributed by atoms with Crippen molar-refractivity contribution in [1.82, 2.24) is 0 Å². The second-order valence-electron chi connectivity index (χ2n) is 19.1. The summed E-state index contributed by atoms with van der Waals surface area (Å²) in [5.74, 6) is -17.6. The first kappa shape index (κ1) is 48.2. The lowest BCUT2D eigenvalue weighted by molar-refractivity contribution is -0.0307. The molecule has 21 nitrogen and oxygen atoms in total. The van der Waals surface area contributed by atoms with Crippen molar-refractivity contribution < 1.29 is 106 Å². The Bertz CT molecular complexity index is 3130. The van der Waals surface area contributed by atoms with Crippen molar-refractivity contribution in [1.29, 1.82) is 0 Å². The van der Waals surface area contributed by atoms with Crippen molar-refractivity contribution in [2.45, 2.75) is 80.1 Å². The number of aliphatic hydroxyl groups is 9. The maximum Gasteiger partial charge on any atom is 0.152 e. The van der Waals surface area contributed by atoms with Gasteiger partial charge in [-0.3, -0.25) is 0 Å². The van der Waals surface area contributed by atoms with E-state index in [1.807, 2.05) is 0 Å². The molecule has 3 heterocycles. The summed E-state index contributed by atoms with van der Waals surface area (Å²) in [5, 5.41) is 203. The summed E-state index contributed by atoms with van der Waals surface area (Å²) in [7, 11) is 0. The highest BCUT2D eigenvalue weighted by Crippen LogP contribution is 2.60. The number of phenolic OH excluding ortho intramolecular Hbond substituents is 9. The molecule has 0 spiro atoms. The minimum Gasteiger partial charge on any atom is -0.508 e. The number of ether oxygens (including phenoxy) is 3. The summed E-state index contributed by atoms with van der Waals surface area (Å²) in [6.45, 7) is 0. The number of hydrogen-bond donors (Lipinski definition) is 18. The summed E-state index contributed by atoms with van der Waals surface area (Å²) in [5.41, 5.74) is -1.79. The molecule has 6 aliphatic rings. The van der Waals surface area contributed by atoms with E-state index in [1.165, 1.54) is 24.3 Å². The van der Waals surface area contributed by atoms with Gasteiger partial charge in [0.15, 0.2) is 17.3 Å². The number of hydrogen-bond acceptors (Lipinski definition) is 21. The average Bonchev–Trinajstić information content (AvgIpc) is 3.31. The molecule has 384 valence electrons. The zero-order chi connectivity index (χ0) is 52.2. The van der Waals surface area contributed by atoms with Gasteiger partial charge in [-0.25, -0.2) is 0 Å². The highest BCUT2D eigenvalue weighted by Gasteiger charge is 2.52. The molecule has 4 unspecified atom stereocenters. The number of benzene rings is 4. The summed E-state index contributed by atoms with van der Waals surface area (Å²) in [4.78, 5) is 0. The second-order valence-corrected chi connectivity index (χ2v) is 19.1. The fourth-order valence-electron chi connectivity index (χ4n) is 11.3. The fraction of sp³-hybridized carbons (Fsp3) is 0.308. The largest absolute Gasteiger partial charge is 0.508 e. The number of aromatic hydroxyl groups is 9. The van der Waals surface area contributed by atoms with Crippen LogP contribution in [0.15, 0.2) is 107 Å². The van der Waals surface area contributed by atoms with Gasteiger partial charge in [-0.1, -0.05) is 18.2 Å². The normalized spacial score (nSPS) is 29.5. The van der Waals surface area contributed by atoms with Crippen LogP contribution in [0.3, 0.4) is 0 Å². The van der Waals surface area contributed by atoms with Gasteiger partial charge in [-0.15, -0.1) is 0 Å². The van der Waals surface area contributed by atoms with Crippen LogP contribution in [-0.4, -0.2) is 129 Å². The van der Waals surface area contributed by atoms with Gasteiger partial charge in [0.2, 0.25) is 0 Å². The van der Waals surface area contributed by atoms with Crippen LogP contribution < -0.4 is 14.2 Å². The predicted molar refractivity (Wildman–Crippen MR) is 251 cm³/mol. The van der Waals surface area contributed by atoms with Crippen LogP contribution in [0.1, 0.15) is 70.4 Å². The molecule has 21 heteroatoms. The quantitative estimate of drug-likeness (QED) is 0.105. The van der Waals surface area contributed by atoms with E-state index >= 15 is 0 Å². The van der Waals surface area contributed by atoms with Crippen molar-refractivity contribution in [2.24, 2.45) is 17.8 Å². The molecule has 10 rings (SSSR count).